The summed E-state index contributed by atoms with van der Waals surface area (Å²) in [6.45, 7) is 3.17. The van der Waals surface area contributed by atoms with Gasteiger partial charge in [0.25, 0.3) is 5.91 Å². The Balaban J connectivity index is 2.63. The van der Waals surface area contributed by atoms with Crippen LogP contribution in [0.5, 0.6) is 0 Å². The fourth-order valence-electron chi connectivity index (χ4n) is 2.00. The first-order valence-electron chi connectivity index (χ1n) is 7.22. The van der Waals surface area contributed by atoms with Crippen molar-refractivity contribution in [1.82, 2.24) is 10.6 Å². The third-order valence-electron chi connectivity index (χ3n) is 3.38. The average molecular weight is 294 g/mol. The van der Waals surface area contributed by atoms with Crippen LogP contribution in [0.3, 0.4) is 0 Å². The van der Waals surface area contributed by atoms with Gasteiger partial charge in [-0.2, -0.15) is 0 Å². The molecule has 1 unspecified atom stereocenters. The highest BCUT2D eigenvalue weighted by Crippen LogP contribution is 2.11. The molecule has 0 bridgehead atoms. The molecule has 21 heavy (non-hydrogen) atoms. The molecule has 0 saturated carbocycles. The van der Waals surface area contributed by atoms with E-state index in [2.05, 4.69) is 10.6 Å². The molecule has 1 aromatic carbocycles. The Morgan fingerprint density at radius 1 is 1.38 bits per heavy atom. The molecule has 0 saturated heterocycles. The molecule has 0 heterocycles. The highest BCUT2D eigenvalue weighted by atomic mass is 16.5. The lowest BCUT2D eigenvalue weighted by atomic mass is 10.0. The summed E-state index contributed by atoms with van der Waals surface area (Å²) in [6.07, 6.45) is 1.27. The van der Waals surface area contributed by atoms with E-state index in [-0.39, 0.29) is 12.5 Å². The van der Waals surface area contributed by atoms with Crippen molar-refractivity contribution in [2.75, 3.05) is 33.9 Å². The predicted octanol–water partition coefficient (Wildman–Crippen LogP) is 0.966. The standard InChI is InChI=1S/C16H26N2O3/c1-16(20,9-11-21-3)12-18-15(19)14-7-5-4-6-13(14)8-10-17-2/h4-7,17,20H,8-12H2,1-3H3,(H,18,19). The van der Waals surface area contributed by atoms with E-state index in [9.17, 15) is 9.90 Å². The van der Waals surface area contributed by atoms with Crippen LogP contribution in [0.2, 0.25) is 0 Å². The van der Waals surface area contributed by atoms with Gasteiger partial charge in [-0.05, 0) is 38.6 Å². The van der Waals surface area contributed by atoms with Crippen LogP contribution in [0.1, 0.15) is 29.3 Å². The number of carbonyl (C=O) groups is 1. The molecule has 3 N–H and O–H groups in total. The first kappa shape index (κ1) is 17.6. The van der Waals surface area contributed by atoms with Crippen LogP contribution in [-0.2, 0) is 11.2 Å². The molecule has 0 aliphatic carbocycles. The maximum atomic E-state index is 12.3. The van der Waals surface area contributed by atoms with Gasteiger partial charge in [0.1, 0.15) is 0 Å². The van der Waals surface area contributed by atoms with E-state index in [4.69, 9.17) is 4.74 Å². The number of carbonyl (C=O) groups excluding carboxylic acids is 1. The second-order valence-electron chi connectivity index (χ2n) is 5.43. The Bertz CT molecular complexity index is 447. The fourth-order valence-corrected chi connectivity index (χ4v) is 2.00. The van der Waals surface area contributed by atoms with E-state index in [1.807, 2.05) is 31.3 Å². The number of methoxy groups -OCH3 is 1. The van der Waals surface area contributed by atoms with Crippen LogP contribution >= 0.6 is 0 Å². The molecule has 0 aromatic heterocycles. The molecule has 0 spiro atoms. The minimum absolute atomic E-state index is 0.153. The quantitative estimate of drug-likeness (QED) is 0.634. The van der Waals surface area contributed by atoms with E-state index in [0.717, 1.165) is 18.5 Å². The van der Waals surface area contributed by atoms with E-state index in [1.54, 1.807) is 14.0 Å². The lowest BCUT2D eigenvalue weighted by molar-refractivity contribution is 0.0243. The van der Waals surface area contributed by atoms with Crippen molar-refractivity contribution >= 4 is 5.91 Å². The minimum Gasteiger partial charge on any atom is -0.388 e. The van der Waals surface area contributed by atoms with Gasteiger partial charge in [-0.3, -0.25) is 4.79 Å². The Morgan fingerprint density at radius 2 is 2.10 bits per heavy atom. The van der Waals surface area contributed by atoms with Crippen molar-refractivity contribution in [2.45, 2.75) is 25.4 Å². The van der Waals surface area contributed by atoms with Crippen LogP contribution in [0.25, 0.3) is 0 Å². The lowest BCUT2D eigenvalue weighted by Crippen LogP contribution is -2.41. The zero-order chi connectivity index (χ0) is 15.7. The van der Waals surface area contributed by atoms with Crippen molar-refractivity contribution in [2.24, 2.45) is 0 Å². The fraction of sp³-hybridized carbons (Fsp3) is 0.562. The molecule has 0 fully saturated rings. The van der Waals surface area contributed by atoms with Gasteiger partial charge in [0.05, 0.1) is 5.60 Å². The van der Waals surface area contributed by atoms with Crippen LogP contribution in [-0.4, -0.2) is 50.5 Å². The molecule has 5 nitrogen and oxygen atoms in total. The maximum absolute atomic E-state index is 12.3. The molecule has 1 atom stereocenters. The summed E-state index contributed by atoms with van der Waals surface area (Å²) < 4.78 is 4.95. The summed E-state index contributed by atoms with van der Waals surface area (Å²) in [4.78, 5) is 12.3. The minimum atomic E-state index is -0.967. The maximum Gasteiger partial charge on any atom is 0.251 e. The molecular formula is C16H26N2O3. The Morgan fingerprint density at radius 3 is 2.76 bits per heavy atom. The van der Waals surface area contributed by atoms with Gasteiger partial charge in [-0.25, -0.2) is 0 Å². The van der Waals surface area contributed by atoms with Gasteiger partial charge in [0.2, 0.25) is 0 Å². The van der Waals surface area contributed by atoms with Gasteiger partial charge in [0, 0.05) is 32.2 Å². The van der Waals surface area contributed by atoms with Gasteiger partial charge in [-0.15, -0.1) is 0 Å². The number of ether oxygens (including phenoxy) is 1. The van der Waals surface area contributed by atoms with E-state index in [1.165, 1.54) is 0 Å². The summed E-state index contributed by atoms with van der Waals surface area (Å²) in [5, 5.41) is 16.0. The second-order valence-corrected chi connectivity index (χ2v) is 5.43. The number of hydrogen-bond acceptors (Lipinski definition) is 4. The molecule has 1 aromatic rings. The normalized spacial score (nSPS) is 13.7. The summed E-state index contributed by atoms with van der Waals surface area (Å²) in [6, 6.07) is 7.54. The summed E-state index contributed by atoms with van der Waals surface area (Å²) in [7, 11) is 3.47. The van der Waals surface area contributed by atoms with Crippen LogP contribution in [0, 0.1) is 0 Å². The molecule has 0 radical (unpaired) electrons. The largest absolute Gasteiger partial charge is 0.388 e. The molecule has 0 aliphatic heterocycles. The first-order chi connectivity index (χ1) is 10.00. The van der Waals surface area contributed by atoms with E-state index >= 15 is 0 Å². The highest BCUT2D eigenvalue weighted by Gasteiger charge is 2.21. The van der Waals surface area contributed by atoms with Crippen molar-refractivity contribution < 1.29 is 14.6 Å². The second kappa shape index (κ2) is 8.77. The zero-order valence-electron chi connectivity index (χ0n) is 13.1. The zero-order valence-corrected chi connectivity index (χ0v) is 13.1. The SMILES string of the molecule is CNCCc1ccccc1C(=O)NCC(C)(O)CCOC. The number of hydrogen-bond donors (Lipinski definition) is 3. The van der Waals surface area contributed by atoms with Crippen LogP contribution < -0.4 is 10.6 Å². The van der Waals surface area contributed by atoms with Crippen LogP contribution in [0.4, 0.5) is 0 Å². The smallest absolute Gasteiger partial charge is 0.251 e. The molecule has 1 amide bonds. The van der Waals surface area contributed by atoms with Crippen molar-refractivity contribution in [3.05, 3.63) is 35.4 Å². The number of nitrogens with one attached hydrogen (secondary N) is 2. The number of benzene rings is 1. The van der Waals surface area contributed by atoms with Gasteiger partial charge < -0.3 is 20.5 Å². The summed E-state index contributed by atoms with van der Waals surface area (Å²) in [5.41, 5.74) is 0.696. The summed E-state index contributed by atoms with van der Waals surface area (Å²) in [5.74, 6) is -0.153. The van der Waals surface area contributed by atoms with Gasteiger partial charge >= 0.3 is 0 Å². The van der Waals surface area contributed by atoms with E-state index < -0.39 is 5.60 Å². The molecule has 1 rings (SSSR count). The Labute approximate surface area is 126 Å². The van der Waals surface area contributed by atoms with Gasteiger partial charge in [-0.1, -0.05) is 18.2 Å². The molecule has 0 aliphatic rings. The van der Waals surface area contributed by atoms with Crippen molar-refractivity contribution in [3.8, 4) is 0 Å². The third-order valence-corrected chi connectivity index (χ3v) is 3.38. The summed E-state index contributed by atoms with van der Waals surface area (Å²) >= 11 is 0. The topological polar surface area (TPSA) is 70.6 Å². The van der Waals surface area contributed by atoms with Crippen molar-refractivity contribution in [1.29, 1.82) is 0 Å². The predicted molar refractivity (Wildman–Crippen MR) is 83.5 cm³/mol. The first-order valence-corrected chi connectivity index (χ1v) is 7.22. The number of rotatable bonds is 9. The van der Waals surface area contributed by atoms with Crippen molar-refractivity contribution in [3.63, 3.8) is 0 Å². The average Bonchev–Trinajstić information content (AvgIpc) is 2.49. The van der Waals surface area contributed by atoms with Gasteiger partial charge in [0.15, 0.2) is 0 Å². The Kier molecular flexibility index (Phi) is 7.36. The number of aliphatic hydroxyl groups is 1. The van der Waals surface area contributed by atoms with E-state index in [0.29, 0.717) is 18.6 Å². The number of amides is 1. The Hall–Kier alpha value is -1.43. The lowest BCUT2D eigenvalue weighted by Gasteiger charge is -2.23. The highest BCUT2D eigenvalue weighted by molar-refractivity contribution is 5.95. The molecule has 5 heteroatoms. The van der Waals surface area contributed by atoms with Crippen LogP contribution in [0.15, 0.2) is 24.3 Å². The molecule has 118 valence electrons. The number of likely N-dealkylation sites (N-methyl/N-ethyl adjacent to an activating group) is 1. The monoisotopic (exact) mass is 294 g/mol. The molecular weight excluding hydrogens is 268 g/mol. The third kappa shape index (κ3) is 6.25.